The molecule has 0 fully saturated rings. The molecule has 0 N–H and O–H groups in total. The number of halogens is 1. The third-order valence-electron chi connectivity index (χ3n) is 4.10. The molecule has 0 unspecified atom stereocenters. The SMILES string of the molecule is CN(C(=O)CN1CCCc2cc(F)ccc21)c1ccccc1. The molecule has 1 heterocycles. The van der Waals surface area contributed by atoms with Crippen molar-refractivity contribution in [2.45, 2.75) is 12.8 Å². The van der Waals surface area contributed by atoms with Crippen LogP contribution >= 0.6 is 0 Å². The second kappa shape index (κ2) is 6.18. The van der Waals surface area contributed by atoms with Crippen molar-refractivity contribution in [3.63, 3.8) is 0 Å². The number of nitrogens with zero attached hydrogens (tertiary/aromatic N) is 2. The Labute approximate surface area is 130 Å². The molecule has 114 valence electrons. The van der Waals surface area contributed by atoms with E-state index in [4.69, 9.17) is 0 Å². The van der Waals surface area contributed by atoms with E-state index in [1.54, 1.807) is 24.1 Å². The lowest BCUT2D eigenvalue weighted by Crippen LogP contribution is -2.40. The quantitative estimate of drug-likeness (QED) is 0.868. The van der Waals surface area contributed by atoms with Crippen LogP contribution in [0.3, 0.4) is 0 Å². The number of fused-ring (bicyclic) bond motifs is 1. The van der Waals surface area contributed by atoms with Crippen LogP contribution in [0.1, 0.15) is 12.0 Å². The molecule has 0 saturated heterocycles. The van der Waals surface area contributed by atoms with Crippen LogP contribution in [0.25, 0.3) is 0 Å². The van der Waals surface area contributed by atoms with Gasteiger partial charge in [-0.1, -0.05) is 18.2 Å². The first-order valence-electron chi connectivity index (χ1n) is 7.50. The maximum atomic E-state index is 13.3. The van der Waals surface area contributed by atoms with Gasteiger partial charge in [0.15, 0.2) is 0 Å². The molecular formula is C18H19FN2O. The highest BCUT2D eigenvalue weighted by Crippen LogP contribution is 2.27. The minimum Gasteiger partial charge on any atom is -0.362 e. The van der Waals surface area contributed by atoms with Gasteiger partial charge in [0, 0.05) is 25.0 Å². The van der Waals surface area contributed by atoms with Crippen LogP contribution in [0.15, 0.2) is 48.5 Å². The Hall–Kier alpha value is -2.36. The fraction of sp³-hybridized carbons (Fsp3) is 0.278. The molecule has 3 nitrogen and oxygen atoms in total. The van der Waals surface area contributed by atoms with E-state index < -0.39 is 0 Å². The van der Waals surface area contributed by atoms with Gasteiger partial charge >= 0.3 is 0 Å². The summed E-state index contributed by atoms with van der Waals surface area (Å²) < 4.78 is 13.3. The van der Waals surface area contributed by atoms with Gasteiger partial charge in [-0.2, -0.15) is 0 Å². The minimum atomic E-state index is -0.215. The molecule has 0 aromatic heterocycles. The molecule has 1 amide bonds. The molecule has 0 atom stereocenters. The topological polar surface area (TPSA) is 23.6 Å². The van der Waals surface area contributed by atoms with Gasteiger partial charge in [0.25, 0.3) is 0 Å². The van der Waals surface area contributed by atoms with Crippen molar-refractivity contribution in [1.82, 2.24) is 0 Å². The monoisotopic (exact) mass is 298 g/mol. The summed E-state index contributed by atoms with van der Waals surface area (Å²) in [7, 11) is 1.78. The van der Waals surface area contributed by atoms with Crippen LogP contribution in [-0.4, -0.2) is 26.0 Å². The molecular weight excluding hydrogens is 279 g/mol. The first-order chi connectivity index (χ1) is 10.6. The zero-order chi connectivity index (χ0) is 15.5. The molecule has 0 saturated carbocycles. The number of para-hydroxylation sites is 1. The lowest BCUT2D eigenvalue weighted by molar-refractivity contribution is -0.117. The summed E-state index contributed by atoms with van der Waals surface area (Å²) in [5.74, 6) is -0.184. The van der Waals surface area contributed by atoms with Gasteiger partial charge in [-0.3, -0.25) is 4.79 Å². The van der Waals surface area contributed by atoms with E-state index in [9.17, 15) is 9.18 Å². The van der Waals surface area contributed by atoms with Crippen molar-refractivity contribution in [2.24, 2.45) is 0 Å². The van der Waals surface area contributed by atoms with E-state index in [0.29, 0.717) is 6.54 Å². The fourth-order valence-electron chi connectivity index (χ4n) is 2.87. The van der Waals surface area contributed by atoms with Crippen LogP contribution in [0.2, 0.25) is 0 Å². The number of likely N-dealkylation sites (N-methyl/N-ethyl adjacent to an activating group) is 1. The lowest BCUT2D eigenvalue weighted by atomic mass is 10.0. The second-order valence-electron chi connectivity index (χ2n) is 5.59. The van der Waals surface area contributed by atoms with Crippen molar-refractivity contribution < 1.29 is 9.18 Å². The first-order valence-corrected chi connectivity index (χ1v) is 7.50. The minimum absolute atomic E-state index is 0.0309. The number of amides is 1. The lowest BCUT2D eigenvalue weighted by Gasteiger charge is -2.32. The van der Waals surface area contributed by atoms with Gasteiger partial charge in [-0.15, -0.1) is 0 Å². The first kappa shape index (κ1) is 14.6. The Kier molecular flexibility index (Phi) is 4.09. The van der Waals surface area contributed by atoms with Crippen LogP contribution in [0.4, 0.5) is 15.8 Å². The summed E-state index contributed by atoms with van der Waals surface area (Å²) in [6, 6.07) is 14.4. The smallest absolute Gasteiger partial charge is 0.246 e. The maximum Gasteiger partial charge on any atom is 0.246 e. The van der Waals surface area contributed by atoms with Gasteiger partial charge in [0.05, 0.1) is 6.54 Å². The number of hydrogen-bond donors (Lipinski definition) is 0. The highest BCUT2D eigenvalue weighted by molar-refractivity contribution is 5.96. The van der Waals surface area contributed by atoms with Crippen molar-refractivity contribution in [3.8, 4) is 0 Å². The van der Waals surface area contributed by atoms with Crippen LogP contribution in [-0.2, 0) is 11.2 Å². The van der Waals surface area contributed by atoms with Crippen molar-refractivity contribution in [2.75, 3.05) is 29.9 Å². The number of hydrogen-bond acceptors (Lipinski definition) is 2. The van der Waals surface area contributed by atoms with Gasteiger partial charge in [-0.25, -0.2) is 4.39 Å². The normalized spacial score (nSPS) is 13.6. The fourth-order valence-corrected chi connectivity index (χ4v) is 2.87. The molecule has 1 aliphatic heterocycles. The largest absolute Gasteiger partial charge is 0.362 e. The Bertz CT molecular complexity index is 672. The second-order valence-corrected chi connectivity index (χ2v) is 5.59. The van der Waals surface area contributed by atoms with Gasteiger partial charge in [0.1, 0.15) is 5.82 Å². The highest BCUT2D eigenvalue weighted by atomic mass is 19.1. The third kappa shape index (κ3) is 2.96. The Morgan fingerprint density at radius 2 is 2.00 bits per heavy atom. The number of rotatable bonds is 3. The van der Waals surface area contributed by atoms with E-state index in [1.165, 1.54) is 6.07 Å². The Morgan fingerprint density at radius 1 is 1.23 bits per heavy atom. The molecule has 1 aliphatic rings. The summed E-state index contributed by atoms with van der Waals surface area (Å²) in [6.45, 7) is 1.14. The number of carbonyl (C=O) groups excluding carboxylic acids is 1. The average Bonchev–Trinajstić information content (AvgIpc) is 2.55. The van der Waals surface area contributed by atoms with E-state index >= 15 is 0 Å². The van der Waals surface area contributed by atoms with Gasteiger partial charge in [0.2, 0.25) is 5.91 Å². The molecule has 0 aliphatic carbocycles. The van der Waals surface area contributed by atoms with E-state index in [-0.39, 0.29) is 11.7 Å². The highest BCUT2D eigenvalue weighted by Gasteiger charge is 2.21. The van der Waals surface area contributed by atoms with Crippen LogP contribution in [0.5, 0.6) is 0 Å². The summed E-state index contributed by atoms with van der Waals surface area (Å²) >= 11 is 0. The summed E-state index contributed by atoms with van der Waals surface area (Å²) in [4.78, 5) is 16.2. The zero-order valence-corrected chi connectivity index (χ0v) is 12.6. The van der Waals surface area contributed by atoms with Crippen LogP contribution in [0, 0.1) is 5.82 Å². The average molecular weight is 298 g/mol. The third-order valence-corrected chi connectivity index (χ3v) is 4.10. The molecule has 2 aromatic rings. The zero-order valence-electron chi connectivity index (χ0n) is 12.6. The van der Waals surface area contributed by atoms with Crippen molar-refractivity contribution in [3.05, 3.63) is 59.9 Å². The predicted octanol–water partition coefficient (Wildman–Crippen LogP) is 3.24. The molecule has 0 bridgehead atoms. The van der Waals surface area contributed by atoms with Gasteiger partial charge < -0.3 is 9.80 Å². The summed E-state index contributed by atoms with van der Waals surface area (Å²) in [5.41, 5.74) is 2.84. The van der Waals surface area contributed by atoms with Crippen molar-refractivity contribution >= 4 is 17.3 Å². The Balaban J connectivity index is 1.76. The molecule has 0 radical (unpaired) electrons. The van der Waals surface area contributed by atoms with Crippen molar-refractivity contribution in [1.29, 1.82) is 0 Å². The van der Waals surface area contributed by atoms with E-state index in [0.717, 1.165) is 36.3 Å². The predicted molar refractivity (Wildman–Crippen MR) is 86.8 cm³/mol. The van der Waals surface area contributed by atoms with E-state index in [1.807, 2.05) is 35.2 Å². The molecule has 22 heavy (non-hydrogen) atoms. The van der Waals surface area contributed by atoms with E-state index in [2.05, 4.69) is 0 Å². The molecule has 4 heteroatoms. The number of aryl methyl sites for hydroxylation is 1. The maximum absolute atomic E-state index is 13.3. The molecule has 0 spiro atoms. The molecule has 2 aromatic carbocycles. The standard InChI is InChI=1S/C18H19FN2O/c1-20(16-7-3-2-4-8-16)18(22)13-21-11-5-6-14-12-15(19)9-10-17(14)21/h2-4,7-10,12H,5-6,11,13H2,1H3. The number of benzene rings is 2. The Morgan fingerprint density at radius 3 is 2.77 bits per heavy atom. The van der Waals surface area contributed by atoms with Crippen LogP contribution < -0.4 is 9.80 Å². The number of anilines is 2. The number of carbonyl (C=O) groups is 1. The summed E-state index contributed by atoms with van der Waals surface area (Å²) in [5, 5.41) is 0. The summed E-state index contributed by atoms with van der Waals surface area (Å²) in [6.07, 6.45) is 1.81. The van der Waals surface area contributed by atoms with Gasteiger partial charge in [-0.05, 0) is 48.7 Å². The molecule has 3 rings (SSSR count).